The van der Waals surface area contributed by atoms with Crippen LogP contribution < -0.4 is 0 Å². The van der Waals surface area contributed by atoms with E-state index in [0.717, 1.165) is 19.3 Å². The summed E-state index contributed by atoms with van der Waals surface area (Å²) in [4.78, 5) is 0.200. The first kappa shape index (κ1) is 12.7. The van der Waals surface area contributed by atoms with Gasteiger partial charge in [0, 0.05) is 0 Å². The fourth-order valence-corrected chi connectivity index (χ4v) is 3.75. The molecule has 1 unspecified atom stereocenters. The molecule has 0 amide bonds. The molecule has 1 saturated carbocycles. The van der Waals surface area contributed by atoms with Gasteiger partial charge < -0.3 is 5.11 Å². The van der Waals surface area contributed by atoms with Gasteiger partial charge in [0.1, 0.15) is 5.82 Å². The summed E-state index contributed by atoms with van der Waals surface area (Å²) in [5.41, 5.74) is -0.870. The van der Waals surface area contributed by atoms with Crippen molar-refractivity contribution in [3.63, 3.8) is 0 Å². The Labute approximate surface area is 103 Å². The normalized spacial score (nSPS) is 21.1. The quantitative estimate of drug-likeness (QED) is 0.902. The number of rotatable bonds is 3. The van der Waals surface area contributed by atoms with Crippen LogP contribution in [0.4, 0.5) is 4.39 Å². The second-order valence-corrected chi connectivity index (χ2v) is 6.12. The van der Waals surface area contributed by atoms with Crippen LogP contribution >= 0.6 is 0 Å². The molecule has 1 aliphatic carbocycles. The molecule has 1 aliphatic rings. The van der Waals surface area contributed by atoms with Gasteiger partial charge in [0.05, 0.1) is 27.0 Å². The van der Waals surface area contributed by atoms with Gasteiger partial charge in [-0.2, -0.15) is 0 Å². The second kappa shape index (κ2) is 5.27. The van der Waals surface area contributed by atoms with Crippen molar-refractivity contribution in [1.82, 2.24) is 0 Å². The van der Waals surface area contributed by atoms with Crippen molar-refractivity contribution in [2.24, 2.45) is 0 Å². The van der Waals surface area contributed by atoms with Crippen molar-refractivity contribution >= 4 is 10.8 Å². The minimum atomic E-state index is -1.46. The lowest BCUT2D eigenvalue weighted by atomic mass is 9.86. The summed E-state index contributed by atoms with van der Waals surface area (Å²) in [6.45, 7) is 0. The summed E-state index contributed by atoms with van der Waals surface area (Å²) in [5, 5.41) is 10.3. The Balaban J connectivity index is 2.09. The minimum absolute atomic E-state index is 0.147. The Hall–Kier alpha value is -0.740. The fourth-order valence-electron chi connectivity index (χ4n) is 2.31. The first-order valence-corrected chi connectivity index (χ1v) is 7.28. The molecule has 2 nitrogen and oxygen atoms in total. The van der Waals surface area contributed by atoms with Gasteiger partial charge in [0.2, 0.25) is 0 Å². The molecule has 1 aromatic carbocycles. The Morgan fingerprint density at radius 3 is 2.53 bits per heavy atom. The lowest BCUT2D eigenvalue weighted by Crippen LogP contribution is -2.37. The lowest BCUT2D eigenvalue weighted by Gasteiger charge is -2.31. The molecule has 4 heteroatoms. The van der Waals surface area contributed by atoms with Crippen molar-refractivity contribution < 1.29 is 13.7 Å². The standard InChI is InChI=1S/C13H17FO2S/c14-11-6-2-3-7-12(11)17(16)10-13(15)8-4-1-5-9-13/h2-3,6-7,15H,1,4-5,8-10H2. The van der Waals surface area contributed by atoms with Gasteiger partial charge in [-0.3, -0.25) is 4.21 Å². The molecule has 1 N–H and O–H groups in total. The van der Waals surface area contributed by atoms with Gasteiger partial charge >= 0.3 is 0 Å². The monoisotopic (exact) mass is 256 g/mol. The highest BCUT2D eigenvalue weighted by Gasteiger charge is 2.32. The van der Waals surface area contributed by atoms with Crippen molar-refractivity contribution in [3.05, 3.63) is 30.1 Å². The summed E-state index contributed by atoms with van der Waals surface area (Å²) in [7, 11) is -1.46. The highest BCUT2D eigenvalue weighted by Crippen LogP contribution is 2.30. The summed E-state index contributed by atoms with van der Waals surface area (Å²) in [6, 6.07) is 6.07. The van der Waals surface area contributed by atoms with Crippen LogP contribution in [0.2, 0.25) is 0 Å². The first-order valence-electron chi connectivity index (χ1n) is 5.96. The first-order chi connectivity index (χ1) is 8.11. The third-order valence-corrected chi connectivity index (χ3v) is 4.89. The van der Waals surface area contributed by atoms with E-state index in [4.69, 9.17) is 0 Å². The third-order valence-electron chi connectivity index (χ3n) is 3.27. The van der Waals surface area contributed by atoms with Crippen LogP contribution in [0.1, 0.15) is 32.1 Å². The number of halogens is 1. The molecule has 1 fully saturated rings. The van der Waals surface area contributed by atoms with E-state index >= 15 is 0 Å². The zero-order valence-corrected chi connectivity index (χ0v) is 10.5. The van der Waals surface area contributed by atoms with Gasteiger partial charge in [-0.05, 0) is 25.0 Å². The van der Waals surface area contributed by atoms with E-state index in [1.54, 1.807) is 12.1 Å². The average molecular weight is 256 g/mol. The molecule has 94 valence electrons. The Kier molecular flexibility index (Phi) is 3.94. The SMILES string of the molecule is O=S(CC1(O)CCCCC1)c1ccccc1F. The van der Waals surface area contributed by atoms with Crippen LogP contribution in [0.25, 0.3) is 0 Å². The summed E-state index contributed by atoms with van der Waals surface area (Å²) < 4.78 is 25.5. The van der Waals surface area contributed by atoms with Gasteiger partial charge in [0.15, 0.2) is 0 Å². The molecule has 17 heavy (non-hydrogen) atoms. The smallest absolute Gasteiger partial charge is 0.139 e. The van der Waals surface area contributed by atoms with E-state index in [9.17, 15) is 13.7 Å². The molecular formula is C13H17FO2S. The largest absolute Gasteiger partial charge is 0.389 e. The summed E-state index contributed by atoms with van der Waals surface area (Å²) >= 11 is 0. The van der Waals surface area contributed by atoms with E-state index < -0.39 is 22.2 Å². The maximum atomic E-state index is 13.4. The van der Waals surface area contributed by atoms with Crippen LogP contribution in [0, 0.1) is 5.82 Å². The summed E-state index contributed by atoms with van der Waals surface area (Å²) in [5.74, 6) is -0.307. The van der Waals surface area contributed by atoms with Crippen molar-refractivity contribution in [2.45, 2.75) is 42.6 Å². The Morgan fingerprint density at radius 2 is 1.88 bits per heavy atom. The minimum Gasteiger partial charge on any atom is -0.389 e. The predicted molar refractivity (Wildman–Crippen MR) is 65.7 cm³/mol. The van der Waals surface area contributed by atoms with E-state index in [-0.39, 0.29) is 10.6 Å². The van der Waals surface area contributed by atoms with Crippen molar-refractivity contribution in [1.29, 1.82) is 0 Å². The van der Waals surface area contributed by atoms with Gasteiger partial charge in [0.25, 0.3) is 0 Å². The predicted octanol–water partition coefficient (Wildman–Crippen LogP) is 2.63. The number of benzene rings is 1. The summed E-state index contributed by atoms with van der Waals surface area (Å²) in [6.07, 6.45) is 4.39. The Bertz CT molecular complexity index is 414. The molecule has 2 rings (SSSR count). The van der Waals surface area contributed by atoms with E-state index in [1.165, 1.54) is 12.1 Å². The molecule has 1 atom stereocenters. The second-order valence-electron chi connectivity index (χ2n) is 4.71. The molecule has 0 saturated heterocycles. The van der Waals surface area contributed by atoms with E-state index in [2.05, 4.69) is 0 Å². The lowest BCUT2D eigenvalue weighted by molar-refractivity contribution is 0.0264. The zero-order chi connectivity index (χ0) is 12.3. The molecule has 0 bridgehead atoms. The van der Waals surface area contributed by atoms with Gasteiger partial charge in [-0.1, -0.05) is 31.4 Å². The highest BCUT2D eigenvalue weighted by atomic mass is 32.2. The van der Waals surface area contributed by atoms with Crippen LogP contribution in [-0.2, 0) is 10.8 Å². The topological polar surface area (TPSA) is 37.3 Å². The van der Waals surface area contributed by atoms with Crippen LogP contribution in [0.3, 0.4) is 0 Å². The maximum absolute atomic E-state index is 13.4. The molecular weight excluding hydrogens is 239 g/mol. The molecule has 0 aromatic heterocycles. The number of hydrogen-bond acceptors (Lipinski definition) is 2. The van der Waals surface area contributed by atoms with Crippen LogP contribution in [0.5, 0.6) is 0 Å². The zero-order valence-electron chi connectivity index (χ0n) is 9.69. The van der Waals surface area contributed by atoms with Gasteiger partial charge in [-0.25, -0.2) is 4.39 Å². The van der Waals surface area contributed by atoms with Crippen LogP contribution in [0.15, 0.2) is 29.2 Å². The van der Waals surface area contributed by atoms with Gasteiger partial charge in [-0.15, -0.1) is 0 Å². The van der Waals surface area contributed by atoms with E-state index in [1.807, 2.05) is 0 Å². The van der Waals surface area contributed by atoms with Crippen molar-refractivity contribution in [3.8, 4) is 0 Å². The van der Waals surface area contributed by atoms with Crippen molar-refractivity contribution in [2.75, 3.05) is 5.75 Å². The Morgan fingerprint density at radius 1 is 1.24 bits per heavy atom. The molecule has 0 radical (unpaired) electrons. The average Bonchev–Trinajstić information content (AvgIpc) is 2.29. The highest BCUT2D eigenvalue weighted by molar-refractivity contribution is 7.85. The maximum Gasteiger partial charge on any atom is 0.139 e. The molecule has 0 heterocycles. The third kappa shape index (κ3) is 3.13. The number of aliphatic hydroxyl groups is 1. The van der Waals surface area contributed by atoms with Crippen LogP contribution in [-0.4, -0.2) is 20.7 Å². The molecule has 1 aromatic rings. The number of hydrogen-bond donors (Lipinski definition) is 1. The van der Waals surface area contributed by atoms with E-state index in [0.29, 0.717) is 12.8 Å². The molecule has 0 spiro atoms. The fraction of sp³-hybridized carbons (Fsp3) is 0.538. The molecule has 0 aliphatic heterocycles.